The lowest BCUT2D eigenvalue weighted by molar-refractivity contribution is 0.135. The van der Waals surface area contributed by atoms with Gasteiger partial charge >= 0.3 is 0 Å². The first-order valence-corrected chi connectivity index (χ1v) is 6.55. The molecule has 0 radical (unpaired) electrons. The summed E-state index contributed by atoms with van der Waals surface area (Å²) in [7, 11) is 0. The highest BCUT2D eigenvalue weighted by Crippen LogP contribution is 2.20. The molecule has 0 bridgehead atoms. The van der Waals surface area contributed by atoms with Crippen molar-refractivity contribution < 1.29 is 4.74 Å². The number of nitrogens with one attached hydrogen (secondary N) is 1. The van der Waals surface area contributed by atoms with E-state index in [9.17, 15) is 0 Å². The van der Waals surface area contributed by atoms with Crippen LogP contribution in [0.3, 0.4) is 0 Å². The molecule has 1 aromatic heterocycles. The number of imidazole rings is 1. The van der Waals surface area contributed by atoms with Gasteiger partial charge in [0.05, 0.1) is 30.5 Å². The average Bonchev–Trinajstić information content (AvgIpc) is 3.01. The van der Waals surface area contributed by atoms with E-state index in [0.29, 0.717) is 0 Å². The van der Waals surface area contributed by atoms with Crippen molar-refractivity contribution in [2.45, 2.75) is 18.9 Å². The van der Waals surface area contributed by atoms with E-state index < -0.39 is 0 Å². The lowest BCUT2D eigenvalue weighted by atomic mass is 10.1. The van der Waals surface area contributed by atoms with Crippen LogP contribution < -0.4 is 5.32 Å². The minimum atomic E-state index is 0.251. The van der Waals surface area contributed by atoms with Crippen LogP contribution >= 0.6 is 0 Å². The van der Waals surface area contributed by atoms with Crippen LogP contribution in [-0.2, 0) is 4.74 Å². The Morgan fingerprint density at radius 1 is 1.37 bits per heavy atom. The van der Waals surface area contributed by atoms with Crippen LogP contribution in [0.1, 0.15) is 12.8 Å². The van der Waals surface area contributed by atoms with Crippen LogP contribution in [0.2, 0.25) is 0 Å². The normalized spacial score (nSPS) is 18.0. The molecule has 0 aliphatic carbocycles. The molecule has 0 fully saturated rings. The Morgan fingerprint density at radius 3 is 3.11 bits per heavy atom. The summed E-state index contributed by atoms with van der Waals surface area (Å²) in [6.07, 6.45) is 11.8. The Labute approximate surface area is 112 Å². The molecule has 1 unspecified atom stereocenters. The lowest BCUT2D eigenvalue weighted by Crippen LogP contribution is -2.23. The third-order valence-electron chi connectivity index (χ3n) is 3.23. The van der Waals surface area contributed by atoms with Crippen LogP contribution in [0.4, 0.5) is 5.69 Å². The van der Waals surface area contributed by atoms with Gasteiger partial charge in [0.15, 0.2) is 0 Å². The van der Waals surface area contributed by atoms with E-state index >= 15 is 0 Å². The van der Waals surface area contributed by atoms with E-state index in [2.05, 4.69) is 28.5 Å². The fourth-order valence-corrected chi connectivity index (χ4v) is 2.21. The van der Waals surface area contributed by atoms with Gasteiger partial charge in [-0.1, -0.05) is 12.1 Å². The van der Waals surface area contributed by atoms with Gasteiger partial charge in [0.25, 0.3) is 0 Å². The van der Waals surface area contributed by atoms with E-state index in [1.54, 1.807) is 18.8 Å². The standard InChI is InChI=1S/C15H17N3O/c1-2-7-15(18-9-8-16-12-18)14(6-1)17-11-13-5-3-4-10-19-13/h1-2,4,6-10,12-13,17H,3,5,11H2. The molecule has 0 saturated heterocycles. The van der Waals surface area contributed by atoms with Crippen molar-refractivity contribution in [3.05, 3.63) is 55.3 Å². The summed E-state index contributed by atoms with van der Waals surface area (Å²) in [5.74, 6) is 0. The Hall–Kier alpha value is -2.23. The molecule has 0 spiro atoms. The summed E-state index contributed by atoms with van der Waals surface area (Å²) < 4.78 is 7.57. The first-order chi connectivity index (χ1) is 9.43. The van der Waals surface area contributed by atoms with Crippen molar-refractivity contribution in [1.29, 1.82) is 0 Å². The van der Waals surface area contributed by atoms with Crippen molar-refractivity contribution in [3.8, 4) is 5.69 Å². The number of hydrogen-bond acceptors (Lipinski definition) is 3. The topological polar surface area (TPSA) is 39.1 Å². The van der Waals surface area contributed by atoms with E-state index in [1.807, 2.05) is 22.9 Å². The number of allylic oxidation sites excluding steroid dienone is 1. The molecule has 4 nitrogen and oxygen atoms in total. The smallest absolute Gasteiger partial charge is 0.115 e. The molecule has 1 aliphatic heterocycles. The maximum absolute atomic E-state index is 5.57. The van der Waals surface area contributed by atoms with E-state index in [4.69, 9.17) is 4.74 Å². The monoisotopic (exact) mass is 255 g/mol. The number of anilines is 1. The summed E-state index contributed by atoms with van der Waals surface area (Å²) in [5, 5.41) is 3.46. The van der Waals surface area contributed by atoms with Gasteiger partial charge in [0.1, 0.15) is 6.10 Å². The highest BCUT2D eigenvalue weighted by molar-refractivity contribution is 5.60. The van der Waals surface area contributed by atoms with Gasteiger partial charge in [0, 0.05) is 12.4 Å². The number of aromatic nitrogens is 2. The Bertz CT molecular complexity index is 548. The molecule has 98 valence electrons. The number of para-hydroxylation sites is 2. The predicted octanol–water partition coefficient (Wildman–Crippen LogP) is 2.98. The van der Waals surface area contributed by atoms with Gasteiger partial charge < -0.3 is 14.6 Å². The number of rotatable bonds is 4. The minimum Gasteiger partial charge on any atom is -0.497 e. The van der Waals surface area contributed by atoms with Crippen molar-refractivity contribution in [2.24, 2.45) is 0 Å². The fraction of sp³-hybridized carbons (Fsp3) is 0.267. The average molecular weight is 255 g/mol. The molecular weight excluding hydrogens is 238 g/mol. The van der Waals surface area contributed by atoms with Gasteiger partial charge in [-0.25, -0.2) is 4.98 Å². The molecule has 1 N–H and O–H groups in total. The maximum atomic E-state index is 5.57. The number of benzene rings is 1. The molecule has 1 atom stereocenters. The third kappa shape index (κ3) is 2.78. The van der Waals surface area contributed by atoms with Gasteiger partial charge in [-0.2, -0.15) is 0 Å². The number of nitrogens with zero attached hydrogens (tertiary/aromatic N) is 2. The van der Waals surface area contributed by atoms with Gasteiger partial charge in [0.2, 0.25) is 0 Å². The molecule has 4 heteroatoms. The van der Waals surface area contributed by atoms with Crippen LogP contribution in [0.25, 0.3) is 5.69 Å². The molecular formula is C15H17N3O. The van der Waals surface area contributed by atoms with Gasteiger partial charge in [-0.3, -0.25) is 0 Å². The molecule has 19 heavy (non-hydrogen) atoms. The molecule has 0 saturated carbocycles. The van der Waals surface area contributed by atoms with Crippen LogP contribution in [0.5, 0.6) is 0 Å². The second kappa shape index (κ2) is 5.61. The second-order valence-corrected chi connectivity index (χ2v) is 4.58. The summed E-state index contributed by atoms with van der Waals surface area (Å²) in [4.78, 5) is 4.09. The van der Waals surface area contributed by atoms with Crippen molar-refractivity contribution in [3.63, 3.8) is 0 Å². The first-order valence-electron chi connectivity index (χ1n) is 6.55. The Kier molecular flexibility index (Phi) is 3.49. The quantitative estimate of drug-likeness (QED) is 0.913. The minimum absolute atomic E-state index is 0.251. The summed E-state index contributed by atoms with van der Waals surface area (Å²) in [6.45, 7) is 0.816. The van der Waals surface area contributed by atoms with Crippen molar-refractivity contribution in [1.82, 2.24) is 9.55 Å². The van der Waals surface area contributed by atoms with E-state index in [-0.39, 0.29) is 6.10 Å². The molecule has 1 aliphatic rings. The zero-order chi connectivity index (χ0) is 12.9. The van der Waals surface area contributed by atoms with E-state index in [0.717, 1.165) is 30.8 Å². The second-order valence-electron chi connectivity index (χ2n) is 4.58. The van der Waals surface area contributed by atoms with Gasteiger partial charge in [-0.05, 0) is 31.1 Å². The molecule has 3 rings (SSSR count). The number of hydrogen-bond donors (Lipinski definition) is 1. The third-order valence-corrected chi connectivity index (χ3v) is 3.23. The van der Waals surface area contributed by atoms with Crippen LogP contribution in [0, 0.1) is 0 Å². The molecule has 2 heterocycles. The van der Waals surface area contributed by atoms with Crippen molar-refractivity contribution >= 4 is 5.69 Å². The van der Waals surface area contributed by atoms with Crippen molar-refractivity contribution in [2.75, 3.05) is 11.9 Å². The molecule has 0 amide bonds. The fourth-order valence-electron chi connectivity index (χ4n) is 2.21. The van der Waals surface area contributed by atoms with Crippen LogP contribution in [0.15, 0.2) is 55.3 Å². The summed E-state index contributed by atoms with van der Waals surface area (Å²) in [6, 6.07) is 8.21. The Morgan fingerprint density at radius 2 is 2.32 bits per heavy atom. The Balaban J connectivity index is 1.72. The van der Waals surface area contributed by atoms with Gasteiger partial charge in [-0.15, -0.1) is 0 Å². The lowest BCUT2D eigenvalue weighted by Gasteiger charge is -2.21. The highest BCUT2D eigenvalue weighted by atomic mass is 16.5. The predicted molar refractivity (Wildman–Crippen MR) is 75.3 cm³/mol. The van der Waals surface area contributed by atoms with Crippen LogP contribution in [-0.4, -0.2) is 22.2 Å². The first kappa shape index (κ1) is 11.8. The number of ether oxygens (including phenoxy) is 1. The molecule has 1 aromatic carbocycles. The summed E-state index contributed by atoms with van der Waals surface area (Å²) in [5.41, 5.74) is 2.20. The zero-order valence-corrected chi connectivity index (χ0v) is 10.7. The summed E-state index contributed by atoms with van der Waals surface area (Å²) >= 11 is 0. The maximum Gasteiger partial charge on any atom is 0.115 e. The van der Waals surface area contributed by atoms with E-state index in [1.165, 1.54) is 0 Å². The SMILES string of the molecule is C1=COC(CNc2ccccc2-n2ccnc2)CC1. The molecule has 2 aromatic rings. The zero-order valence-electron chi connectivity index (χ0n) is 10.7. The highest BCUT2D eigenvalue weighted by Gasteiger charge is 2.11. The largest absolute Gasteiger partial charge is 0.497 e.